The first-order valence-electron chi connectivity index (χ1n) is 11.8. The molecular formula is C31H15N7. The minimum atomic E-state index is 0.264. The molecule has 1 aliphatic carbocycles. The summed E-state index contributed by atoms with van der Waals surface area (Å²) < 4.78 is 0. The first kappa shape index (κ1) is 21.5. The lowest BCUT2D eigenvalue weighted by atomic mass is 9.95. The Morgan fingerprint density at radius 3 is 1.45 bits per heavy atom. The number of nitrogens with zero attached hydrogens (tertiary/aromatic N) is 6. The average Bonchev–Trinajstić information content (AvgIpc) is 3.24. The van der Waals surface area contributed by atoms with E-state index in [2.05, 4.69) is 22.1 Å². The van der Waals surface area contributed by atoms with Crippen molar-refractivity contribution < 1.29 is 0 Å². The Labute approximate surface area is 216 Å². The number of benzene rings is 4. The summed E-state index contributed by atoms with van der Waals surface area (Å²) in [5, 5.41) is 30.6. The van der Waals surface area contributed by atoms with Crippen LogP contribution in [0.5, 0.6) is 0 Å². The van der Waals surface area contributed by atoms with Crippen LogP contribution in [-0.2, 0) is 0 Å². The number of para-hydroxylation sites is 2. The fourth-order valence-corrected chi connectivity index (χ4v) is 4.96. The number of fused-ring (bicyclic) bond motifs is 5. The van der Waals surface area contributed by atoms with Crippen LogP contribution in [0.1, 0.15) is 22.3 Å². The molecule has 1 aliphatic rings. The van der Waals surface area contributed by atoms with Crippen molar-refractivity contribution in [2.45, 2.75) is 0 Å². The van der Waals surface area contributed by atoms with E-state index in [1.807, 2.05) is 60.7 Å². The summed E-state index contributed by atoms with van der Waals surface area (Å²) in [6.45, 7) is 0. The second-order valence-corrected chi connectivity index (χ2v) is 8.99. The van der Waals surface area contributed by atoms with E-state index in [0.717, 1.165) is 32.9 Å². The molecule has 2 heterocycles. The summed E-state index contributed by atoms with van der Waals surface area (Å²) in [6.07, 6.45) is 3.49. The van der Waals surface area contributed by atoms with E-state index >= 15 is 0 Å². The fraction of sp³-hybridized carbons (Fsp3) is 0. The van der Waals surface area contributed by atoms with Crippen LogP contribution in [0.25, 0.3) is 55.7 Å². The first-order valence-corrected chi connectivity index (χ1v) is 11.8. The Morgan fingerprint density at radius 2 is 1.00 bits per heavy atom. The van der Waals surface area contributed by atoms with Gasteiger partial charge in [-0.1, -0.05) is 36.4 Å². The third kappa shape index (κ3) is 3.17. The Balaban J connectivity index is 1.45. The molecule has 0 fully saturated rings. The molecule has 0 saturated carbocycles. The van der Waals surface area contributed by atoms with Gasteiger partial charge in [-0.2, -0.15) is 10.5 Å². The van der Waals surface area contributed by atoms with Crippen molar-refractivity contribution in [3.8, 4) is 46.0 Å². The second kappa shape index (κ2) is 8.12. The Bertz CT molecular complexity index is 1930. The van der Waals surface area contributed by atoms with Gasteiger partial charge in [0.2, 0.25) is 0 Å². The minimum Gasteiger partial charge on any atom is -0.300 e. The van der Waals surface area contributed by atoms with E-state index in [1.54, 1.807) is 24.5 Å². The van der Waals surface area contributed by atoms with Crippen LogP contribution < -0.4 is 0 Å². The summed E-state index contributed by atoms with van der Waals surface area (Å²) in [6, 6.07) is 27.0. The van der Waals surface area contributed by atoms with E-state index < -0.39 is 0 Å². The highest BCUT2D eigenvalue weighted by atomic mass is 14.9. The second-order valence-electron chi connectivity index (χ2n) is 8.99. The van der Waals surface area contributed by atoms with E-state index in [1.165, 1.54) is 0 Å². The van der Waals surface area contributed by atoms with Crippen LogP contribution >= 0.6 is 0 Å². The zero-order valence-electron chi connectivity index (χ0n) is 19.8. The van der Waals surface area contributed by atoms with Crippen molar-refractivity contribution in [2.75, 3.05) is 0 Å². The third-order valence-corrected chi connectivity index (χ3v) is 6.84. The Hall–Kier alpha value is -5.79. The molecule has 0 saturated heterocycles. The molecular weight excluding hydrogens is 470 g/mol. The van der Waals surface area contributed by atoms with Gasteiger partial charge in [0.25, 0.3) is 0 Å². The van der Waals surface area contributed by atoms with Crippen molar-refractivity contribution in [2.24, 2.45) is 0 Å². The van der Waals surface area contributed by atoms with Gasteiger partial charge in [0, 0.05) is 45.4 Å². The molecule has 0 radical (unpaired) electrons. The molecule has 0 atom stereocenters. The van der Waals surface area contributed by atoms with Crippen LogP contribution in [0, 0.1) is 28.1 Å². The van der Waals surface area contributed by atoms with Crippen LogP contribution in [-0.4, -0.2) is 25.6 Å². The number of nitriles is 2. The standard InChI is InChI=1S/C31H15N7/c32-13-19-9-25-23(11-21(19)30-35-15-17-5-1-3-7-27(17)37-30)24-12-22(20(14-33)10-26(24)29(25)34)31-36-16-18-6-2-4-8-28(18)38-31/h1-12,15-16,34H. The summed E-state index contributed by atoms with van der Waals surface area (Å²) in [4.78, 5) is 18.5. The summed E-state index contributed by atoms with van der Waals surface area (Å²) in [7, 11) is 0. The van der Waals surface area contributed by atoms with Gasteiger partial charge in [0.15, 0.2) is 11.6 Å². The molecule has 0 bridgehead atoms. The molecule has 174 valence electrons. The van der Waals surface area contributed by atoms with Crippen molar-refractivity contribution in [1.29, 1.82) is 15.9 Å². The molecule has 7 rings (SSSR count). The highest BCUT2D eigenvalue weighted by molar-refractivity contribution is 6.24. The van der Waals surface area contributed by atoms with Gasteiger partial charge in [-0.05, 0) is 47.5 Å². The molecule has 0 spiro atoms. The summed E-state index contributed by atoms with van der Waals surface area (Å²) >= 11 is 0. The third-order valence-electron chi connectivity index (χ3n) is 6.84. The normalized spacial score (nSPS) is 11.7. The lowest BCUT2D eigenvalue weighted by Gasteiger charge is -2.10. The largest absolute Gasteiger partial charge is 0.300 e. The molecule has 1 N–H and O–H groups in total. The lowest BCUT2D eigenvalue weighted by molar-refractivity contribution is 1.22. The Kier molecular flexibility index (Phi) is 4.59. The molecule has 4 aromatic carbocycles. The quantitative estimate of drug-likeness (QED) is 0.318. The number of aromatic nitrogens is 4. The topological polar surface area (TPSA) is 123 Å². The first-order chi connectivity index (χ1) is 18.6. The van der Waals surface area contributed by atoms with Gasteiger partial charge in [0.1, 0.15) is 0 Å². The molecule has 0 amide bonds. The molecule has 38 heavy (non-hydrogen) atoms. The van der Waals surface area contributed by atoms with E-state index in [-0.39, 0.29) is 5.71 Å². The van der Waals surface area contributed by atoms with Gasteiger partial charge in [-0.3, -0.25) is 5.41 Å². The van der Waals surface area contributed by atoms with Crippen LogP contribution in [0.2, 0.25) is 0 Å². The summed E-state index contributed by atoms with van der Waals surface area (Å²) in [5.41, 5.74) is 6.59. The monoisotopic (exact) mass is 485 g/mol. The van der Waals surface area contributed by atoms with Crippen LogP contribution in [0.15, 0.2) is 85.2 Å². The fourth-order valence-electron chi connectivity index (χ4n) is 4.96. The highest BCUT2D eigenvalue weighted by Crippen LogP contribution is 2.42. The molecule has 7 heteroatoms. The predicted octanol–water partition coefficient (Wildman–Crippen LogP) is 6.05. The maximum atomic E-state index is 9.95. The predicted molar refractivity (Wildman–Crippen MR) is 144 cm³/mol. The zero-order valence-corrected chi connectivity index (χ0v) is 19.8. The van der Waals surface area contributed by atoms with Crippen LogP contribution in [0.3, 0.4) is 0 Å². The van der Waals surface area contributed by atoms with Gasteiger partial charge >= 0.3 is 0 Å². The maximum absolute atomic E-state index is 9.95. The van der Waals surface area contributed by atoms with Gasteiger partial charge < -0.3 is 0 Å². The van der Waals surface area contributed by atoms with Gasteiger partial charge in [-0.25, -0.2) is 19.9 Å². The number of nitrogens with one attached hydrogen (secondary N) is 1. The van der Waals surface area contributed by atoms with Crippen molar-refractivity contribution in [3.05, 3.63) is 107 Å². The zero-order chi connectivity index (χ0) is 25.8. The lowest BCUT2D eigenvalue weighted by Crippen LogP contribution is -1.99. The SMILES string of the molecule is N#Cc1cc2c(cc1-c1ncc3ccccc3n1)-c1cc(-c3ncc4ccccc4n3)c(C#N)cc1C2=N. The van der Waals surface area contributed by atoms with Crippen LogP contribution in [0.4, 0.5) is 0 Å². The molecule has 6 aromatic rings. The van der Waals surface area contributed by atoms with Crippen molar-refractivity contribution in [3.63, 3.8) is 0 Å². The van der Waals surface area contributed by atoms with E-state index in [9.17, 15) is 10.5 Å². The van der Waals surface area contributed by atoms with Gasteiger partial charge in [-0.15, -0.1) is 0 Å². The smallest absolute Gasteiger partial charge is 0.161 e. The molecule has 2 aromatic heterocycles. The molecule has 0 aliphatic heterocycles. The van der Waals surface area contributed by atoms with Crippen molar-refractivity contribution in [1.82, 2.24) is 19.9 Å². The molecule has 7 nitrogen and oxygen atoms in total. The average molecular weight is 486 g/mol. The minimum absolute atomic E-state index is 0.264. The number of hydrogen-bond donors (Lipinski definition) is 1. The summed E-state index contributed by atoms with van der Waals surface area (Å²) in [5.74, 6) is 0.879. The number of hydrogen-bond acceptors (Lipinski definition) is 7. The Morgan fingerprint density at radius 1 is 0.553 bits per heavy atom. The molecule has 0 unspecified atom stereocenters. The van der Waals surface area contributed by atoms with E-state index in [0.29, 0.717) is 45.0 Å². The van der Waals surface area contributed by atoms with Gasteiger partial charge in [0.05, 0.1) is 40.0 Å². The van der Waals surface area contributed by atoms with Crippen molar-refractivity contribution >= 4 is 27.5 Å². The maximum Gasteiger partial charge on any atom is 0.161 e. The van der Waals surface area contributed by atoms with E-state index in [4.69, 9.17) is 15.4 Å². The highest BCUT2D eigenvalue weighted by Gasteiger charge is 2.29. The number of rotatable bonds is 2.